The highest BCUT2D eigenvalue weighted by Crippen LogP contribution is 2.40. The number of nitrogens with zero attached hydrogens (tertiary/aromatic N) is 1. The maximum Gasteiger partial charge on any atom is 0.319 e. The maximum atomic E-state index is 13.7. The zero-order valence-electron chi connectivity index (χ0n) is 19.5. The third kappa shape index (κ3) is 5.33. The van der Waals surface area contributed by atoms with Crippen LogP contribution in [0.5, 0.6) is 0 Å². The minimum absolute atomic E-state index is 0.0969. The van der Waals surface area contributed by atoms with Crippen LogP contribution in [0.4, 0.5) is 4.39 Å². The van der Waals surface area contributed by atoms with Crippen molar-refractivity contribution in [2.45, 2.75) is 19.1 Å². The van der Waals surface area contributed by atoms with Gasteiger partial charge in [-0.1, -0.05) is 72.8 Å². The second-order valence-electron chi connectivity index (χ2n) is 8.45. The number of imide groups is 1. The number of carbonyl (C=O) groups is 4. The number of amides is 2. The Morgan fingerprint density at radius 3 is 1.56 bits per heavy atom. The fraction of sp³-hybridized carbons (Fsp3) is 0.214. The Morgan fingerprint density at radius 1 is 0.722 bits per heavy atom. The smallest absolute Gasteiger partial charge is 0.319 e. The lowest BCUT2D eigenvalue weighted by Gasteiger charge is -2.38. The highest BCUT2D eigenvalue weighted by Gasteiger charge is 2.55. The predicted molar refractivity (Wildman–Crippen MR) is 126 cm³/mol. The number of rotatable bonds is 7. The molecule has 0 aliphatic carbocycles. The number of likely N-dealkylation sites (tertiary alicyclic amines) is 1. The lowest BCUT2D eigenvalue weighted by atomic mass is 9.72. The number of ether oxygens (including phenoxy) is 2. The molecule has 1 aliphatic rings. The molecule has 3 atom stereocenters. The largest absolute Gasteiger partial charge is 0.460 e. The van der Waals surface area contributed by atoms with Crippen molar-refractivity contribution in [3.05, 3.63) is 107 Å². The number of halogens is 1. The van der Waals surface area contributed by atoms with E-state index in [1.807, 2.05) is 12.1 Å². The Morgan fingerprint density at radius 2 is 1.14 bits per heavy atom. The number of esters is 2. The van der Waals surface area contributed by atoms with Crippen LogP contribution >= 0.6 is 0 Å². The molecular formula is C28H24FNO6. The van der Waals surface area contributed by atoms with Gasteiger partial charge in [-0.2, -0.15) is 0 Å². The SMILES string of the molecule is CN1C(=O)[C@@H](C(=O)OCc2ccccc2)C(c2ccc(F)cc2)[C@@H](C(=O)OCc2ccccc2)C1=O. The Bertz CT molecular complexity index is 1170. The van der Waals surface area contributed by atoms with Gasteiger partial charge in [0.05, 0.1) is 0 Å². The zero-order valence-corrected chi connectivity index (χ0v) is 19.5. The summed E-state index contributed by atoms with van der Waals surface area (Å²) in [6.45, 7) is -0.194. The second-order valence-corrected chi connectivity index (χ2v) is 8.45. The first-order valence-corrected chi connectivity index (χ1v) is 11.3. The Balaban J connectivity index is 1.66. The summed E-state index contributed by atoms with van der Waals surface area (Å²) in [6.07, 6.45) is 0. The molecule has 8 heteroatoms. The fourth-order valence-corrected chi connectivity index (χ4v) is 4.23. The van der Waals surface area contributed by atoms with Crippen LogP contribution in [0.2, 0.25) is 0 Å². The summed E-state index contributed by atoms with van der Waals surface area (Å²) in [4.78, 5) is 53.5. The van der Waals surface area contributed by atoms with Gasteiger partial charge >= 0.3 is 11.9 Å². The molecule has 0 spiro atoms. The van der Waals surface area contributed by atoms with Crippen molar-refractivity contribution in [2.75, 3.05) is 7.05 Å². The van der Waals surface area contributed by atoms with Gasteiger partial charge in [-0.05, 0) is 28.8 Å². The molecule has 184 valence electrons. The van der Waals surface area contributed by atoms with Crippen molar-refractivity contribution in [1.82, 2.24) is 4.90 Å². The topological polar surface area (TPSA) is 90.0 Å². The van der Waals surface area contributed by atoms with Gasteiger partial charge in [-0.3, -0.25) is 24.1 Å². The molecule has 1 aliphatic heterocycles. The average Bonchev–Trinajstić information content (AvgIpc) is 2.90. The molecule has 1 saturated heterocycles. The molecule has 3 aromatic rings. The zero-order chi connectivity index (χ0) is 25.7. The quantitative estimate of drug-likeness (QED) is 0.286. The van der Waals surface area contributed by atoms with Crippen LogP contribution in [-0.2, 0) is 41.9 Å². The van der Waals surface area contributed by atoms with Gasteiger partial charge in [0.2, 0.25) is 11.8 Å². The molecule has 1 heterocycles. The molecule has 7 nitrogen and oxygen atoms in total. The number of benzene rings is 3. The van der Waals surface area contributed by atoms with E-state index in [1.54, 1.807) is 48.5 Å². The van der Waals surface area contributed by atoms with Gasteiger partial charge in [0.1, 0.15) is 30.9 Å². The van der Waals surface area contributed by atoms with E-state index in [0.29, 0.717) is 11.1 Å². The number of piperidine rings is 1. The molecule has 0 saturated carbocycles. The third-order valence-electron chi connectivity index (χ3n) is 6.12. The molecular weight excluding hydrogens is 465 g/mol. The molecule has 1 fully saturated rings. The van der Waals surface area contributed by atoms with Crippen LogP contribution in [0.3, 0.4) is 0 Å². The van der Waals surface area contributed by atoms with Crippen LogP contribution in [0, 0.1) is 17.7 Å². The van der Waals surface area contributed by atoms with E-state index in [4.69, 9.17) is 9.47 Å². The summed E-state index contributed by atoms with van der Waals surface area (Å²) >= 11 is 0. The number of hydrogen-bond donors (Lipinski definition) is 0. The van der Waals surface area contributed by atoms with Gasteiger partial charge in [-0.15, -0.1) is 0 Å². The summed E-state index contributed by atoms with van der Waals surface area (Å²) in [7, 11) is 1.21. The first-order chi connectivity index (χ1) is 17.4. The van der Waals surface area contributed by atoms with E-state index in [2.05, 4.69) is 0 Å². The first-order valence-electron chi connectivity index (χ1n) is 11.3. The van der Waals surface area contributed by atoms with Crippen molar-refractivity contribution >= 4 is 23.8 Å². The Kier molecular flexibility index (Phi) is 7.53. The van der Waals surface area contributed by atoms with E-state index >= 15 is 0 Å². The van der Waals surface area contributed by atoms with Crippen molar-refractivity contribution in [3.63, 3.8) is 0 Å². The summed E-state index contributed by atoms with van der Waals surface area (Å²) in [5, 5.41) is 0. The van der Waals surface area contributed by atoms with Crippen molar-refractivity contribution in [2.24, 2.45) is 11.8 Å². The van der Waals surface area contributed by atoms with Gasteiger partial charge < -0.3 is 9.47 Å². The van der Waals surface area contributed by atoms with Crippen LogP contribution in [0.15, 0.2) is 84.9 Å². The fourth-order valence-electron chi connectivity index (χ4n) is 4.23. The highest BCUT2D eigenvalue weighted by molar-refractivity contribution is 6.14. The minimum atomic E-state index is -1.50. The summed E-state index contributed by atoms with van der Waals surface area (Å²) in [6, 6.07) is 22.7. The van der Waals surface area contributed by atoms with Crippen LogP contribution in [-0.4, -0.2) is 35.7 Å². The van der Waals surface area contributed by atoms with Crippen molar-refractivity contribution in [3.8, 4) is 0 Å². The van der Waals surface area contributed by atoms with E-state index < -0.39 is 47.3 Å². The van der Waals surface area contributed by atoms with Gasteiger partial charge in [-0.25, -0.2) is 4.39 Å². The Hall–Kier alpha value is -4.33. The second kappa shape index (κ2) is 10.9. The maximum absolute atomic E-state index is 13.7. The van der Waals surface area contributed by atoms with Gasteiger partial charge in [0.15, 0.2) is 0 Å². The standard InChI is InChI=1S/C28H24FNO6/c1-30-25(31)23(27(33)35-16-18-8-4-2-5-9-18)22(20-12-14-21(29)15-13-20)24(26(30)32)28(34)36-17-19-10-6-3-7-11-19/h2-15,22-24H,16-17H2,1H3/t22?,23-,24+. The summed E-state index contributed by atoms with van der Waals surface area (Å²) in [5.74, 6) is -8.17. The van der Waals surface area contributed by atoms with Crippen LogP contribution in [0.25, 0.3) is 0 Å². The molecule has 4 rings (SSSR count). The van der Waals surface area contributed by atoms with E-state index in [-0.39, 0.29) is 18.8 Å². The van der Waals surface area contributed by atoms with Gasteiger partial charge in [0, 0.05) is 13.0 Å². The minimum Gasteiger partial charge on any atom is -0.460 e. The monoisotopic (exact) mass is 489 g/mol. The average molecular weight is 489 g/mol. The first kappa shape index (κ1) is 24.8. The Labute approximate surface area is 207 Å². The van der Waals surface area contributed by atoms with Gasteiger partial charge in [0.25, 0.3) is 0 Å². The number of hydrogen-bond acceptors (Lipinski definition) is 6. The van der Waals surface area contributed by atoms with Crippen molar-refractivity contribution < 1.29 is 33.0 Å². The molecule has 0 bridgehead atoms. The molecule has 1 unspecified atom stereocenters. The molecule has 0 radical (unpaired) electrons. The van der Waals surface area contributed by atoms with Crippen molar-refractivity contribution in [1.29, 1.82) is 0 Å². The lowest BCUT2D eigenvalue weighted by molar-refractivity contribution is -0.171. The summed E-state index contributed by atoms with van der Waals surface area (Å²) in [5.41, 5.74) is 1.68. The molecule has 3 aromatic carbocycles. The van der Waals surface area contributed by atoms with E-state index in [1.165, 1.54) is 19.2 Å². The highest BCUT2D eigenvalue weighted by atomic mass is 19.1. The normalized spacial score (nSPS) is 19.6. The summed E-state index contributed by atoms with van der Waals surface area (Å²) < 4.78 is 24.5. The molecule has 36 heavy (non-hydrogen) atoms. The lowest BCUT2D eigenvalue weighted by Crippen LogP contribution is -2.56. The number of carbonyl (C=O) groups excluding carboxylic acids is 4. The van der Waals surface area contributed by atoms with E-state index in [9.17, 15) is 23.6 Å². The molecule has 0 aromatic heterocycles. The van der Waals surface area contributed by atoms with E-state index in [0.717, 1.165) is 17.0 Å². The van der Waals surface area contributed by atoms with Crippen LogP contribution in [0.1, 0.15) is 22.6 Å². The van der Waals surface area contributed by atoms with Crippen LogP contribution < -0.4 is 0 Å². The predicted octanol–water partition coefficient (Wildman–Crippen LogP) is 3.63. The molecule has 0 N–H and O–H groups in total. The third-order valence-corrected chi connectivity index (χ3v) is 6.12. The molecule has 2 amide bonds.